The molecule has 1 aliphatic rings. The quantitative estimate of drug-likeness (QED) is 0.851. The normalized spacial score (nSPS) is 28.1. The summed E-state index contributed by atoms with van der Waals surface area (Å²) in [5.74, 6) is 1.96. The molecule has 1 aliphatic heterocycles. The van der Waals surface area contributed by atoms with E-state index >= 15 is 0 Å². The van der Waals surface area contributed by atoms with Gasteiger partial charge in [0.05, 0.1) is 5.60 Å². The van der Waals surface area contributed by atoms with Crippen LogP contribution in [0.2, 0.25) is 0 Å². The minimum Gasteiger partial charge on any atom is -0.388 e. The fourth-order valence-corrected chi connectivity index (χ4v) is 3.77. The Labute approximate surface area is 99.1 Å². The smallest absolute Gasteiger partial charge is 0.0869 e. The monoisotopic (exact) mass is 243 g/mol. The Bertz CT molecular complexity index is 294. The summed E-state index contributed by atoms with van der Waals surface area (Å²) in [5.41, 5.74) is 0.837. The van der Waals surface area contributed by atoms with Crippen molar-refractivity contribution in [3.8, 4) is 0 Å². The molecule has 2 N–H and O–H groups in total. The number of rotatable bonds is 4. The van der Waals surface area contributed by atoms with Crippen molar-refractivity contribution in [3.63, 3.8) is 0 Å². The average molecular weight is 243 g/mol. The third kappa shape index (κ3) is 2.97. The molecule has 1 aromatic heterocycles. The van der Waals surface area contributed by atoms with Gasteiger partial charge in [-0.05, 0) is 41.5 Å². The van der Waals surface area contributed by atoms with Gasteiger partial charge in [-0.1, -0.05) is 0 Å². The van der Waals surface area contributed by atoms with E-state index in [0.29, 0.717) is 12.6 Å². The molecule has 0 aliphatic carbocycles. The van der Waals surface area contributed by atoms with E-state index in [1.165, 1.54) is 5.56 Å². The molecular formula is C11H17NOS2. The lowest BCUT2D eigenvalue weighted by Gasteiger charge is -2.24. The van der Waals surface area contributed by atoms with E-state index in [9.17, 15) is 5.11 Å². The van der Waals surface area contributed by atoms with Crippen LogP contribution >= 0.6 is 23.1 Å². The van der Waals surface area contributed by atoms with Crippen molar-refractivity contribution in [1.29, 1.82) is 0 Å². The molecule has 0 spiro atoms. The second kappa shape index (κ2) is 4.87. The summed E-state index contributed by atoms with van der Waals surface area (Å²) in [6, 6.07) is 2.47. The van der Waals surface area contributed by atoms with Gasteiger partial charge in [0.25, 0.3) is 0 Å². The molecule has 2 nitrogen and oxygen atoms in total. The van der Waals surface area contributed by atoms with Gasteiger partial charge in [-0.2, -0.15) is 23.1 Å². The fraction of sp³-hybridized carbons (Fsp3) is 0.636. The third-order valence-corrected chi connectivity index (χ3v) is 4.80. The number of thiophene rings is 1. The highest BCUT2D eigenvalue weighted by atomic mass is 32.2. The number of aliphatic hydroxyl groups is 1. The molecule has 0 saturated carbocycles. The molecular weight excluding hydrogens is 226 g/mol. The highest BCUT2D eigenvalue weighted by Gasteiger charge is 2.31. The van der Waals surface area contributed by atoms with Crippen molar-refractivity contribution < 1.29 is 5.11 Å². The maximum Gasteiger partial charge on any atom is 0.0869 e. The van der Waals surface area contributed by atoms with Gasteiger partial charge in [0.1, 0.15) is 0 Å². The summed E-state index contributed by atoms with van der Waals surface area (Å²) in [7, 11) is 0. The van der Waals surface area contributed by atoms with E-state index in [-0.39, 0.29) is 0 Å². The average Bonchev–Trinajstić information content (AvgIpc) is 2.85. The van der Waals surface area contributed by atoms with E-state index in [2.05, 4.69) is 29.1 Å². The minimum absolute atomic E-state index is 0.339. The van der Waals surface area contributed by atoms with Crippen LogP contribution in [0.15, 0.2) is 16.8 Å². The van der Waals surface area contributed by atoms with Crippen molar-refractivity contribution in [2.75, 3.05) is 18.1 Å². The van der Waals surface area contributed by atoms with Crippen LogP contribution in [0.3, 0.4) is 0 Å². The number of thioether (sulfide) groups is 1. The number of hydrogen-bond acceptors (Lipinski definition) is 4. The van der Waals surface area contributed by atoms with E-state index in [1.807, 2.05) is 11.8 Å². The zero-order valence-electron chi connectivity index (χ0n) is 8.90. The van der Waals surface area contributed by atoms with Crippen LogP contribution in [0.4, 0.5) is 0 Å². The number of hydrogen-bond donors (Lipinski definition) is 2. The highest BCUT2D eigenvalue weighted by Crippen LogP contribution is 2.27. The van der Waals surface area contributed by atoms with Gasteiger partial charge in [0.2, 0.25) is 0 Å². The summed E-state index contributed by atoms with van der Waals surface area (Å²) in [6.07, 6.45) is 0.918. The molecule has 0 aromatic carbocycles. The molecule has 0 radical (unpaired) electrons. The molecule has 1 saturated heterocycles. The predicted octanol–water partition coefficient (Wildman–Crippen LogP) is 2.27. The van der Waals surface area contributed by atoms with E-state index < -0.39 is 5.60 Å². The zero-order chi connectivity index (χ0) is 10.7. The van der Waals surface area contributed by atoms with Crippen LogP contribution in [0.25, 0.3) is 0 Å². The van der Waals surface area contributed by atoms with Gasteiger partial charge in [-0.3, -0.25) is 0 Å². The molecule has 1 fully saturated rings. The molecule has 4 heteroatoms. The lowest BCUT2D eigenvalue weighted by Crippen LogP contribution is -2.41. The molecule has 1 aromatic rings. The predicted molar refractivity (Wildman–Crippen MR) is 67.6 cm³/mol. The van der Waals surface area contributed by atoms with Gasteiger partial charge in [-0.25, -0.2) is 0 Å². The topological polar surface area (TPSA) is 32.3 Å². The Kier molecular flexibility index (Phi) is 3.72. The van der Waals surface area contributed by atoms with Crippen LogP contribution in [-0.4, -0.2) is 28.8 Å². The molecule has 2 atom stereocenters. The second-order valence-corrected chi connectivity index (χ2v) is 6.07. The maximum atomic E-state index is 10.2. The first kappa shape index (κ1) is 11.5. The first-order valence-corrected chi connectivity index (χ1v) is 7.35. The SMILES string of the molecule is CC(NCC1(O)CCSC1)c1ccsc1. The molecule has 84 valence electrons. The van der Waals surface area contributed by atoms with E-state index in [1.54, 1.807) is 11.3 Å². The van der Waals surface area contributed by atoms with Gasteiger partial charge < -0.3 is 10.4 Å². The minimum atomic E-state index is -0.477. The fourth-order valence-electron chi connectivity index (χ4n) is 1.72. The summed E-state index contributed by atoms with van der Waals surface area (Å²) < 4.78 is 0. The summed E-state index contributed by atoms with van der Waals surface area (Å²) >= 11 is 3.56. The van der Waals surface area contributed by atoms with Crippen LogP contribution in [0.5, 0.6) is 0 Å². The third-order valence-electron chi connectivity index (χ3n) is 2.86. The molecule has 2 heterocycles. The van der Waals surface area contributed by atoms with Crippen molar-refractivity contribution in [2.45, 2.75) is 25.0 Å². The zero-order valence-corrected chi connectivity index (χ0v) is 10.5. The lowest BCUT2D eigenvalue weighted by atomic mass is 10.0. The van der Waals surface area contributed by atoms with Crippen LogP contribution in [0, 0.1) is 0 Å². The first-order valence-electron chi connectivity index (χ1n) is 5.25. The van der Waals surface area contributed by atoms with Crippen LogP contribution in [0.1, 0.15) is 24.9 Å². The lowest BCUT2D eigenvalue weighted by molar-refractivity contribution is 0.0651. The molecule has 2 rings (SSSR count). The molecule has 15 heavy (non-hydrogen) atoms. The van der Waals surface area contributed by atoms with Gasteiger partial charge in [0, 0.05) is 18.3 Å². The second-order valence-electron chi connectivity index (χ2n) is 4.19. The standard InChI is InChI=1S/C11H17NOS2/c1-9(10-2-4-14-6-10)12-7-11(13)3-5-15-8-11/h2,4,6,9,12-13H,3,5,7-8H2,1H3. The molecule has 2 unspecified atom stereocenters. The van der Waals surface area contributed by atoms with Crippen molar-refractivity contribution >= 4 is 23.1 Å². The van der Waals surface area contributed by atoms with Crippen LogP contribution in [-0.2, 0) is 0 Å². The Hall–Kier alpha value is -0.0300. The van der Waals surface area contributed by atoms with Crippen molar-refractivity contribution in [2.24, 2.45) is 0 Å². The van der Waals surface area contributed by atoms with Crippen LogP contribution < -0.4 is 5.32 Å². The van der Waals surface area contributed by atoms with Crippen molar-refractivity contribution in [3.05, 3.63) is 22.4 Å². The summed E-state index contributed by atoms with van der Waals surface area (Å²) in [6.45, 7) is 2.85. The van der Waals surface area contributed by atoms with Gasteiger partial charge >= 0.3 is 0 Å². The van der Waals surface area contributed by atoms with Crippen molar-refractivity contribution in [1.82, 2.24) is 5.32 Å². The van der Waals surface area contributed by atoms with Gasteiger partial charge in [0.15, 0.2) is 0 Å². The molecule has 0 amide bonds. The largest absolute Gasteiger partial charge is 0.388 e. The number of nitrogens with one attached hydrogen (secondary N) is 1. The summed E-state index contributed by atoms with van der Waals surface area (Å²) in [4.78, 5) is 0. The van der Waals surface area contributed by atoms with Gasteiger partial charge in [-0.15, -0.1) is 0 Å². The Morgan fingerprint density at radius 3 is 3.13 bits per heavy atom. The Morgan fingerprint density at radius 1 is 1.67 bits per heavy atom. The maximum absolute atomic E-state index is 10.2. The van der Waals surface area contributed by atoms with E-state index in [0.717, 1.165) is 17.9 Å². The summed E-state index contributed by atoms with van der Waals surface area (Å²) in [5, 5.41) is 17.8. The molecule has 0 bridgehead atoms. The highest BCUT2D eigenvalue weighted by molar-refractivity contribution is 7.99. The Balaban J connectivity index is 1.83. The first-order chi connectivity index (χ1) is 7.20. The van der Waals surface area contributed by atoms with E-state index in [4.69, 9.17) is 0 Å². The Morgan fingerprint density at radius 2 is 2.53 bits per heavy atom.